The molecule has 412 valence electrons. The maximum absolute atomic E-state index is 13.4. The Morgan fingerprint density at radius 2 is 1.05 bits per heavy atom. The van der Waals surface area contributed by atoms with Gasteiger partial charge >= 0.3 is 27.5 Å². The largest absolute Gasteiger partial charge is 0.515 e. The number of benzene rings is 4. The maximum Gasteiger partial charge on any atom is 0.515 e. The molecule has 2 unspecified atom stereocenters. The van der Waals surface area contributed by atoms with Crippen LogP contribution in [0.15, 0.2) is 125 Å². The SMILES string of the molecule is COc1cc(OC(=O)OCOP(=O)(COCCn2cnc3c(=O)[nH]c(N)nc32)OCc2ccccc2)ccc1C.Cc1ccc(OC(=O)OCOP(=O)(COCCn2cnc3c(=O)[nH]c(N)nc32)OCc2ccccc2)cc1. The number of rotatable bonds is 25. The van der Waals surface area contributed by atoms with E-state index in [1.165, 1.54) is 25.8 Å². The summed E-state index contributed by atoms with van der Waals surface area (Å²) in [5.74, 6) is 0.931. The Bertz CT molecular complexity index is 3490. The second kappa shape index (κ2) is 27.7. The summed E-state index contributed by atoms with van der Waals surface area (Å²) in [6.07, 6.45) is -0.144. The van der Waals surface area contributed by atoms with Crippen molar-refractivity contribution in [3.8, 4) is 17.2 Å². The summed E-state index contributed by atoms with van der Waals surface area (Å²) in [5.41, 5.74) is 14.5. The van der Waals surface area contributed by atoms with E-state index in [4.69, 9.17) is 62.7 Å². The molecule has 0 fully saturated rings. The van der Waals surface area contributed by atoms with Gasteiger partial charge in [-0.15, -0.1) is 0 Å². The van der Waals surface area contributed by atoms with Crippen LogP contribution >= 0.6 is 15.2 Å². The predicted molar refractivity (Wildman–Crippen MR) is 279 cm³/mol. The van der Waals surface area contributed by atoms with Gasteiger partial charge in [0.25, 0.3) is 11.1 Å². The van der Waals surface area contributed by atoms with E-state index >= 15 is 0 Å². The number of nitrogens with zero attached hydrogens (tertiary/aromatic N) is 6. The van der Waals surface area contributed by atoms with E-state index in [0.29, 0.717) is 5.75 Å². The van der Waals surface area contributed by atoms with Crippen LogP contribution < -0.4 is 36.8 Å². The number of imidazole rings is 2. The third-order valence-electron chi connectivity index (χ3n) is 10.6. The zero-order valence-corrected chi connectivity index (χ0v) is 44.0. The normalized spacial score (nSPS) is 12.7. The van der Waals surface area contributed by atoms with Gasteiger partial charge in [-0.3, -0.25) is 37.7 Å². The highest BCUT2D eigenvalue weighted by Gasteiger charge is 2.28. The summed E-state index contributed by atoms with van der Waals surface area (Å²) in [7, 11) is -6.28. The minimum atomic E-state index is -3.90. The second-order valence-corrected chi connectivity index (χ2v) is 20.4. The Kier molecular flexibility index (Phi) is 20.4. The molecule has 0 aliphatic heterocycles. The van der Waals surface area contributed by atoms with E-state index < -0.39 is 64.9 Å². The molecule has 6 N–H and O–H groups in total. The number of ether oxygens (including phenoxy) is 7. The number of nitrogens with two attached hydrogens (primary N) is 2. The van der Waals surface area contributed by atoms with Crippen molar-refractivity contribution in [1.82, 2.24) is 39.0 Å². The molecule has 8 rings (SSSR count). The number of hydrogen-bond donors (Lipinski definition) is 4. The Balaban J connectivity index is 0.000000226. The second-order valence-electron chi connectivity index (χ2n) is 16.4. The molecule has 0 spiro atoms. The first kappa shape index (κ1) is 57.4. The molecule has 27 nitrogen and oxygen atoms in total. The highest BCUT2D eigenvalue weighted by Crippen LogP contribution is 2.50. The molecule has 0 amide bonds. The van der Waals surface area contributed by atoms with Crippen LogP contribution in [0.2, 0.25) is 0 Å². The van der Waals surface area contributed by atoms with E-state index in [1.54, 1.807) is 69.8 Å². The van der Waals surface area contributed by atoms with E-state index in [-0.39, 0.29) is 85.2 Å². The molecule has 0 aliphatic rings. The zero-order chi connectivity index (χ0) is 55.5. The molecular formula is C49H54N10O17P2. The van der Waals surface area contributed by atoms with Gasteiger partial charge in [0.1, 0.15) is 29.9 Å². The van der Waals surface area contributed by atoms with Crippen molar-refractivity contribution in [3.05, 3.63) is 159 Å². The third kappa shape index (κ3) is 17.1. The molecule has 8 aromatic rings. The first-order valence-corrected chi connectivity index (χ1v) is 26.8. The lowest BCUT2D eigenvalue weighted by Gasteiger charge is -2.19. The van der Waals surface area contributed by atoms with Crippen molar-refractivity contribution in [2.75, 3.05) is 58.1 Å². The van der Waals surface area contributed by atoms with Gasteiger partial charge in [0.2, 0.25) is 25.5 Å². The molecule has 0 saturated carbocycles. The van der Waals surface area contributed by atoms with Crippen molar-refractivity contribution in [2.45, 2.75) is 40.2 Å². The summed E-state index contributed by atoms with van der Waals surface area (Å²) in [6.45, 7) is 2.83. The number of hydrogen-bond acceptors (Lipinski definition) is 23. The first-order chi connectivity index (χ1) is 37.6. The lowest BCUT2D eigenvalue weighted by molar-refractivity contribution is 0.0141. The molecule has 78 heavy (non-hydrogen) atoms. The van der Waals surface area contributed by atoms with Crippen LogP contribution in [0.3, 0.4) is 0 Å². The van der Waals surface area contributed by atoms with Gasteiger partial charge in [0, 0.05) is 19.2 Å². The topological polar surface area (TPSA) is 349 Å². The van der Waals surface area contributed by atoms with Gasteiger partial charge in [-0.25, -0.2) is 19.6 Å². The summed E-state index contributed by atoms with van der Waals surface area (Å²) in [5, 5.41) is 0. The van der Waals surface area contributed by atoms with Gasteiger partial charge in [-0.1, -0.05) is 84.4 Å². The highest BCUT2D eigenvalue weighted by atomic mass is 31.2. The van der Waals surface area contributed by atoms with Crippen molar-refractivity contribution in [1.29, 1.82) is 0 Å². The summed E-state index contributed by atoms with van der Waals surface area (Å²) in [6, 6.07) is 29.7. The maximum atomic E-state index is 13.4. The van der Waals surface area contributed by atoms with E-state index in [9.17, 15) is 28.3 Å². The first-order valence-electron chi connectivity index (χ1n) is 23.4. The molecule has 2 atom stereocenters. The summed E-state index contributed by atoms with van der Waals surface area (Å²) in [4.78, 5) is 69.0. The molecule has 29 heteroatoms. The van der Waals surface area contributed by atoms with Crippen LogP contribution in [0, 0.1) is 13.8 Å². The number of nitrogen functional groups attached to an aromatic ring is 2. The highest BCUT2D eigenvalue weighted by molar-refractivity contribution is 7.53. The van der Waals surface area contributed by atoms with E-state index in [2.05, 4.69) is 29.9 Å². The van der Waals surface area contributed by atoms with E-state index in [1.807, 2.05) is 50.2 Å². The van der Waals surface area contributed by atoms with Crippen LogP contribution in [0.25, 0.3) is 22.3 Å². The smallest absolute Gasteiger partial charge is 0.496 e. The van der Waals surface area contributed by atoms with Crippen molar-refractivity contribution in [3.63, 3.8) is 0 Å². The Morgan fingerprint density at radius 3 is 1.51 bits per heavy atom. The van der Waals surface area contributed by atoms with Crippen LogP contribution in [0.5, 0.6) is 17.2 Å². The molecule has 0 bridgehead atoms. The molecule has 4 aromatic carbocycles. The minimum absolute atomic E-state index is 0.0204. The number of carbonyl (C=O) groups is 2. The number of aromatic amines is 2. The summed E-state index contributed by atoms with van der Waals surface area (Å²) < 4.78 is 88.0. The minimum Gasteiger partial charge on any atom is -0.496 e. The molecular weight excluding hydrogens is 1060 g/mol. The van der Waals surface area contributed by atoms with Crippen molar-refractivity contribution in [2.24, 2.45) is 0 Å². The number of fused-ring (bicyclic) bond motifs is 2. The molecule has 0 radical (unpaired) electrons. The number of H-pyrrole nitrogens is 2. The van der Waals surface area contributed by atoms with Gasteiger partial charge in [0.05, 0.1) is 46.2 Å². The van der Waals surface area contributed by atoms with Gasteiger partial charge in [-0.05, 0) is 48.7 Å². The fourth-order valence-electron chi connectivity index (χ4n) is 6.70. The Morgan fingerprint density at radius 1 is 0.603 bits per heavy atom. The Labute approximate surface area is 443 Å². The number of aryl methyl sites for hydroxylation is 2. The molecule has 4 heterocycles. The van der Waals surface area contributed by atoms with Crippen molar-refractivity contribution >= 4 is 61.7 Å². The number of aromatic nitrogens is 8. The van der Waals surface area contributed by atoms with Gasteiger partial charge in [0.15, 0.2) is 22.3 Å². The number of anilines is 2. The van der Waals surface area contributed by atoms with Crippen molar-refractivity contribution < 1.29 is 70.0 Å². The zero-order valence-electron chi connectivity index (χ0n) is 42.2. The standard InChI is InChI=1S/C25H28N5O9P.C24H26N5O8P/c1-17-8-9-19(12-20(17)34-2)39-25(32)36-15-38-40(33,37-13-18-6-4-3-5-7-18)16-35-11-10-30-14-27-21-22(30)28-24(26)29-23(21)31;1-17-7-9-19(10-8-17)37-24(31)34-15-36-38(32,35-13-18-5-3-2-4-6-18)16-33-12-11-29-14-26-20-21(29)27-23(25)28-22(20)30/h3-9,12,14H,10-11,13,15-16H2,1-2H3,(H3,26,28,29,31);2-10,14H,11-13,15-16H2,1H3,(H3,25,27,28,30). The average Bonchev–Trinajstić information content (AvgIpc) is 4.04. The molecule has 0 aliphatic carbocycles. The Hall–Kier alpha value is -8.26. The number of carbonyl (C=O) groups excluding carboxylic acids is 2. The van der Waals surface area contributed by atoms with Crippen LogP contribution in [0.1, 0.15) is 22.3 Å². The van der Waals surface area contributed by atoms with Crippen LogP contribution in [-0.2, 0) is 72.5 Å². The van der Waals surface area contributed by atoms with Gasteiger partial charge in [-0.2, -0.15) is 9.97 Å². The van der Waals surface area contributed by atoms with Crippen LogP contribution in [0.4, 0.5) is 21.5 Å². The van der Waals surface area contributed by atoms with Crippen LogP contribution in [-0.4, -0.2) is 98.0 Å². The monoisotopic (exact) mass is 1120 g/mol. The predicted octanol–water partition coefficient (Wildman–Crippen LogP) is 7.18. The van der Waals surface area contributed by atoms with E-state index in [0.717, 1.165) is 22.3 Å². The average molecular weight is 1120 g/mol. The molecule has 4 aromatic heterocycles. The molecule has 0 saturated heterocycles. The fraction of sp³-hybridized carbons (Fsp3) is 0.265. The number of nitrogens with one attached hydrogen (secondary N) is 2. The lowest BCUT2D eigenvalue weighted by Crippen LogP contribution is -2.15. The fourth-order valence-corrected chi connectivity index (χ4v) is 8.97. The number of methoxy groups -OCH3 is 1. The third-order valence-corrected chi connectivity index (χ3v) is 13.7. The van der Waals surface area contributed by atoms with Gasteiger partial charge < -0.3 is 62.8 Å². The quantitative estimate of drug-likeness (QED) is 0.0145. The summed E-state index contributed by atoms with van der Waals surface area (Å²) >= 11 is 0. The lowest BCUT2D eigenvalue weighted by atomic mass is 10.2.